The van der Waals surface area contributed by atoms with E-state index in [9.17, 15) is 0 Å². The second kappa shape index (κ2) is 2.22. The number of hydrogen-bond donors (Lipinski definition) is 0. The summed E-state index contributed by atoms with van der Waals surface area (Å²) in [5.74, 6) is 0. The molecule has 0 aromatic carbocycles. The molecule has 3 nitrogen and oxygen atoms in total. The molecule has 0 radical (unpaired) electrons. The topological polar surface area (TPSA) is 28.3 Å². The van der Waals surface area contributed by atoms with Gasteiger partial charge in [0.15, 0.2) is 0 Å². The molecule has 3 heteroatoms. The molecule has 0 aromatic heterocycles. The number of hydrogen-bond acceptors (Lipinski definition) is 3. The summed E-state index contributed by atoms with van der Waals surface area (Å²) < 4.78 is 11.1. The Kier molecular flexibility index (Phi) is 1.35. The van der Waals surface area contributed by atoms with Gasteiger partial charge in [0.25, 0.3) is 0 Å². The minimum absolute atomic E-state index is 0.377. The second-order valence-electron chi connectivity index (χ2n) is 4.25. The molecule has 0 amide bonds. The number of epoxide rings is 2. The largest absolute Gasteiger partial charge is 0.353 e. The van der Waals surface area contributed by atoms with Crippen LogP contribution in [0.1, 0.15) is 26.7 Å². The van der Waals surface area contributed by atoms with Gasteiger partial charge in [0, 0.05) is 6.04 Å². The molecule has 0 bridgehead atoms. The van der Waals surface area contributed by atoms with Crippen LogP contribution in [0.15, 0.2) is 0 Å². The first-order chi connectivity index (χ1) is 5.77. The predicted octanol–water partition coefficient (Wildman–Crippen LogP) is 0.940. The Morgan fingerprint density at radius 3 is 2.00 bits per heavy atom. The fraction of sp³-hybridized carbons (Fsp3) is 1.00. The number of fused-ring (bicyclic) bond motifs is 2. The molecular weight excluding hydrogens is 154 g/mol. The number of likely N-dealkylation sites (tertiary alicyclic amines) is 1. The van der Waals surface area contributed by atoms with Gasteiger partial charge in [-0.1, -0.05) is 0 Å². The summed E-state index contributed by atoms with van der Waals surface area (Å²) in [5.41, 5.74) is 0. The Morgan fingerprint density at radius 2 is 1.58 bits per heavy atom. The van der Waals surface area contributed by atoms with Gasteiger partial charge in [-0.05, 0) is 26.7 Å². The van der Waals surface area contributed by atoms with E-state index < -0.39 is 0 Å². The van der Waals surface area contributed by atoms with Gasteiger partial charge in [-0.25, -0.2) is 4.90 Å². The lowest BCUT2D eigenvalue weighted by molar-refractivity contribution is 0.0824. The molecule has 12 heavy (non-hydrogen) atoms. The maximum atomic E-state index is 5.57. The zero-order chi connectivity index (χ0) is 8.29. The van der Waals surface area contributed by atoms with E-state index in [4.69, 9.17) is 9.47 Å². The molecule has 3 rings (SSSR count). The highest BCUT2D eigenvalue weighted by Crippen LogP contribution is 2.44. The molecule has 3 fully saturated rings. The van der Waals surface area contributed by atoms with E-state index in [1.807, 2.05) is 0 Å². The molecule has 0 spiro atoms. The minimum Gasteiger partial charge on any atom is -0.353 e. The maximum absolute atomic E-state index is 5.57. The molecule has 3 aliphatic heterocycles. The molecule has 0 saturated carbocycles. The Labute approximate surface area is 72.6 Å². The summed E-state index contributed by atoms with van der Waals surface area (Å²) in [6, 6.07) is 0.549. The number of ether oxygens (including phenoxy) is 2. The highest BCUT2D eigenvalue weighted by molar-refractivity contribution is 5.00. The monoisotopic (exact) mass is 169 g/mol. The Bertz CT molecular complexity index is 189. The fourth-order valence-electron chi connectivity index (χ4n) is 2.27. The van der Waals surface area contributed by atoms with Gasteiger partial charge in [-0.2, -0.15) is 0 Å². The van der Waals surface area contributed by atoms with Crippen molar-refractivity contribution < 1.29 is 9.47 Å². The number of nitrogens with zero attached hydrogens (tertiary/aromatic N) is 1. The van der Waals surface area contributed by atoms with Crippen LogP contribution in [0.3, 0.4) is 0 Å². The third-order valence-electron chi connectivity index (χ3n) is 3.03. The summed E-state index contributed by atoms with van der Waals surface area (Å²) in [4.78, 5) is 2.38. The quantitative estimate of drug-likeness (QED) is 0.547. The van der Waals surface area contributed by atoms with Gasteiger partial charge >= 0.3 is 0 Å². The lowest BCUT2D eigenvalue weighted by Crippen LogP contribution is -2.37. The molecule has 3 aliphatic rings. The molecule has 4 atom stereocenters. The lowest BCUT2D eigenvalue weighted by Gasteiger charge is -2.21. The molecule has 4 unspecified atom stereocenters. The van der Waals surface area contributed by atoms with E-state index >= 15 is 0 Å². The molecule has 0 aliphatic carbocycles. The van der Waals surface area contributed by atoms with Crippen molar-refractivity contribution in [2.45, 2.75) is 57.4 Å². The van der Waals surface area contributed by atoms with Crippen LogP contribution in [0.4, 0.5) is 0 Å². The van der Waals surface area contributed by atoms with Gasteiger partial charge in [0.2, 0.25) is 0 Å². The minimum atomic E-state index is 0.377. The molecule has 3 saturated heterocycles. The van der Waals surface area contributed by atoms with Gasteiger partial charge in [-0.15, -0.1) is 0 Å². The van der Waals surface area contributed by atoms with Gasteiger partial charge in [0.1, 0.15) is 12.5 Å². The Hall–Kier alpha value is -0.120. The zero-order valence-electron chi connectivity index (χ0n) is 7.56. The van der Waals surface area contributed by atoms with Crippen LogP contribution in [0.25, 0.3) is 0 Å². The van der Waals surface area contributed by atoms with E-state index in [0.29, 0.717) is 30.7 Å². The normalized spacial score (nSPS) is 51.2. The number of rotatable bonds is 1. The summed E-state index contributed by atoms with van der Waals surface area (Å²) in [6.07, 6.45) is 4.17. The Balaban J connectivity index is 1.80. The average Bonchev–Trinajstić information content (AvgIpc) is 2.73. The first-order valence-corrected chi connectivity index (χ1v) is 4.86. The Morgan fingerprint density at radius 1 is 1.08 bits per heavy atom. The standard InChI is InChI=1S/C9H15NO2/c1-5(2)10-8-6(11-8)3-4-7-9(10)12-7/h5-9H,3-4H2,1-2H3. The van der Waals surface area contributed by atoms with Crippen molar-refractivity contribution >= 4 is 0 Å². The summed E-state index contributed by atoms with van der Waals surface area (Å²) in [6.45, 7) is 4.42. The van der Waals surface area contributed by atoms with Crippen molar-refractivity contribution in [2.75, 3.05) is 0 Å². The van der Waals surface area contributed by atoms with E-state index in [1.54, 1.807) is 0 Å². The molecule has 68 valence electrons. The van der Waals surface area contributed by atoms with Crippen molar-refractivity contribution in [1.29, 1.82) is 0 Å². The highest BCUT2D eigenvalue weighted by atomic mass is 16.7. The van der Waals surface area contributed by atoms with E-state index in [1.165, 1.54) is 12.8 Å². The van der Waals surface area contributed by atoms with Crippen molar-refractivity contribution in [1.82, 2.24) is 4.90 Å². The van der Waals surface area contributed by atoms with E-state index in [0.717, 1.165) is 0 Å². The molecule has 0 aromatic rings. The molecule has 3 heterocycles. The van der Waals surface area contributed by atoms with Crippen molar-refractivity contribution in [2.24, 2.45) is 0 Å². The van der Waals surface area contributed by atoms with Crippen LogP contribution in [0.5, 0.6) is 0 Å². The van der Waals surface area contributed by atoms with Gasteiger partial charge in [-0.3, -0.25) is 0 Å². The SMILES string of the molecule is CC(C)N1C2OC2CCC2OC21. The zero-order valence-corrected chi connectivity index (χ0v) is 7.56. The third kappa shape index (κ3) is 0.934. The lowest BCUT2D eigenvalue weighted by atomic mass is 10.2. The van der Waals surface area contributed by atoms with Crippen LogP contribution in [-0.2, 0) is 9.47 Å². The van der Waals surface area contributed by atoms with E-state index in [-0.39, 0.29) is 0 Å². The first kappa shape index (κ1) is 7.30. The predicted molar refractivity (Wildman–Crippen MR) is 43.5 cm³/mol. The molecule has 0 N–H and O–H groups in total. The van der Waals surface area contributed by atoms with E-state index in [2.05, 4.69) is 18.7 Å². The van der Waals surface area contributed by atoms with Crippen LogP contribution >= 0.6 is 0 Å². The highest BCUT2D eigenvalue weighted by Gasteiger charge is 2.58. The summed E-state index contributed by atoms with van der Waals surface area (Å²) in [7, 11) is 0. The third-order valence-corrected chi connectivity index (χ3v) is 3.03. The van der Waals surface area contributed by atoms with Crippen molar-refractivity contribution in [3.05, 3.63) is 0 Å². The van der Waals surface area contributed by atoms with Crippen molar-refractivity contribution in [3.8, 4) is 0 Å². The second-order valence-corrected chi connectivity index (χ2v) is 4.25. The fourth-order valence-corrected chi connectivity index (χ4v) is 2.27. The molecular formula is C9H15NO2. The summed E-state index contributed by atoms with van der Waals surface area (Å²) >= 11 is 0. The average molecular weight is 169 g/mol. The van der Waals surface area contributed by atoms with Crippen LogP contribution in [0.2, 0.25) is 0 Å². The first-order valence-electron chi connectivity index (χ1n) is 4.86. The van der Waals surface area contributed by atoms with Gasteiger partial charge < -0.3 is 9.47 Å². The smallest absolute Gasteiger partial charge is 0.140 e. The van der Waals surface area contributed by atoms with Crippen LogP contribution < -0.4 is 0 Å². The maximum Gasteiger partial charge on any atom is 0.140 e. The van der Waals surface area contributed by atoms with Gasteiger partial charge in [0.05, 0.1) is 12.2 Å². The summed E-state index contributed by atoms with van der Waals surface area (Å²) in [5, 5.41) is 0. The van der Waals surface area contributed by atoms with Crippen LogP contribution in [0, 0.1) is 0 Å². The van der Waals surface area contributed by atoms with Crippen LogP contribution in [-0.4, -0.2) is 35.6 Å². The van der Waals surface area contributed by atoms with Crippen molar-refractivity contribution in [3.63, 3.8) is 0 Å².